The van der Waals surface area contributed by atoms with Crippen molar-refractivity contribution in [3.8, 4) is 6.07 Å². The topological polar surface area (TPSA) is 35.8 Å². The van der Waals surface area contributed by atoms with E-state index in [9.17, 15) is 0 Å². The van der Waals surface area contributed by atoms with Gasteiger partial charge in [-0.25, -0.2) is 0 Å². The van der Waals surface area contributed by atoms with Gasteiger partial charge >= 0.3 is 0 Å². The highest BCUT2D eigenvalue weighted by Gasteiger charge is 2.19. The van der Waals surface area contributed by atoms with Gasteiger partial charge in [0, 0.05) is 12.0 Å². The quantitative estimate of drug-likeness (QED) is 0.717. The average Bonchev–Trinajstić information content (AvgIpc) is 2.43. The summed E-state index contributed by atoms with van der Waals surface area (Å²) in [6, 6.07) is 13.0. The third-order valence-corrected chi connectivity index (χ3v) is 3.83. The minimum atomic E-state index is -0.177. The van der Waals surface area contributed by atoms with E-state index in [1.807, 2.05) is 13.8 Å². The van der Waals surface area contributed by atoms with Crippen molar-refractivity contribution >= 4 is 0 Å². The minimum absolute atomic E-state index is 0.160. The molecule has 0 aliphatic rings. The van der Waals surface area contributed by atoms with Crippen LogP contribution >= 0.6 is 0 Å². The number of hydrogen-bond acceptors (Lipinski definition) is 2. The molecule has 1 aromatic carbocycles. The van der Waals surface area contributed by atoms with Crippen LogP contribution in [-0.2, 0) is 5.41 Å². The van der Waals surface area contributed by atoms with Gasteiger partial charge in [0.1, 0.15) is 0 Å². The predicted molar refractivity (Wildman–Crippen MR) is 85.6 cm³/mol. The summed E-state index contributed by atoms with van der Waals surface area (Å²) >= 11 is 0. The molecule has 2 nitrogen and oxygen atoms in total. The zero-order chi connectivity index (χ0) is 15.1. The third kappa shape index (κ3) is 5.75. The Morgan fingerprint density at radius 1 is 1.05 bits per heavy atom. The predicted octanol–water partition coefficient (Wildman–Crippen LogP) is 4.27. The Balaban J connectivity index is 2.23. The van der Waals surface area contributed by atoms with Crippen LogP contribution in [-0.4, -0.2) is 13.1 Å². The van der Waals surface area contributed by atoms with E-state index in [-0.39, 0.29) is 10.8 Å². The molecule has 0 aliphatic carbocycles. The summed E-state index contributed by atoms with van der Waals surface area (Å²) in [5, 5.41) is 12.5. The molecule has 0 spiro atoms. The monoisotopic (exact) mass is 272 g/mol. The van der Waals surface area contributed by atoms with Crippen molar-refractivity contribution in [3.05, 3.63) is 35.9 Å². The Kier molecular flexibility index (Phi) is 6.23. The zero-order valence-corrected chi connectivity index (χ0v) is 13.4. The van der Waals surface area contributed by atoms with Gasteiger partial charge in [-0.1, -0.05) is 50.6 Å². The normalized spacial score (nSPS) is 12.2. The molecule has 0 bridgehead atoms. The minimum Gasteiger partial charge on any atom is -0.316 e. The Bertz CT molecular complexity index is 426. The van der Waals surface area contributed by atoms with E-state index in [0.29, 0.717) is 0 Å². The van der Waals surface area contributed by atoms with Crippen LogP contribution in [0.15, 0.2) is 30.3 Å². The Morgan fingerprint density at radius 2 is 1.70 bits per heavy atom. The third-order valence-electron chi connectivity index (χ3n) is 3.83. The molecule has 2 heteroatoms. The van der Waals surface area contributed by atoms with Crippen LogP contribution < -0.4 is 5.32 Å². The summed E-state index contributed by atoms with van der Waals surface area (Å²) in [5.41, 5.74) is 1.36. The second kappa shape index (κ2) is 7.45. The van der Waals surface area contributed by atoms with Gasteiger partial charge < -0.3 is 5.32 Å². The average molecular weight is 272 g/mol. The smallest absolute Gasteiger partial charge is 0.0683 e. The number of rotatable bonds is 8. The largest absolute Gasteiger partial charge is 0.316 e. The molecular formula is C18H28N2. The fraction of sp³-hybridized carbons (Fsp3) is 0.611. The van der Waals surface area contributed by atoms with Gasteiger partial charge in [-0.15, -0.1) is 0 Å². The van der Waals surface area contributed by atoms with Crippen LogP contribution in [0.1, 0.15) is 52.5 Å². The zero-order valence-electron chi connectivity index (χ0n) is 13.4. The maximum atomic E-state index is 8.96. The highest BCUT2D eigenvalue weighted by Crippen LogP contribution is 2.22. The highest BCUT2D eigenvalue weighted by molar-refractivity contribution is 5.23. The number of nitrogens with zero attached hydrogens (tertiary/aromatic N) is 1. The van der Waals surface area contributed by atoms with Gasteiger partial charge in [-0.3, -0.25) is 0 Å². The number of hydrogen-bond donors (Lipinski definition) is 1. The molecule has 0 saturated heterocycles. The standard InChI is InChI=1S/C18H28N2/c1-17(2,14-19)12-8-9-13-20-15-18(3,4)16-10-6-5-7-11-16/h5-7,10-11,20H,8-9,12-13,15H2,1-4H3. The van der Waals surface area contributed by atoms with Crippen molar-refractivity contribution in [1.29, 1.82) is 5.26 Å². The van der Waals surface area contributed by atoms with E-state index >= 15 is 0 Å². The molecule has 110 valence electrons. The lowest BCUT2D eigenvalue weighted by atomic mass is 9.84. The molecule has 20 heavy (non-hydrogen) atoms. The van der Waals surface area contributed by atoms with E-state index in [1.54, 1.807) is 0 Å². The molecule has 0 atom stereocenters. The Hall–Kier alpha value is -1.33. The van der Waals surface area contributed by atoms with Crippen LogP contribution in [0, 0.1) is 16.7 Å². The van der Waals surface area contributed by atoms with Crippen LogP contribution in [0.25, 0.3) is 0 Å². The number of unbranched alkanes of at least 4 members (excludes halogenated alkanes) is 1. The van der Waals surface area contributed by atoms with Gasteiger partial charge in [-0.2, -0.15) is 5.26 Å². The van der Waals surface area contributed by atoms with Gasteiger partial charge in [0.05, 0.1) is 11.5 Å². The van der Waals surface area contributed by atoms with Crippen LogP contribution in [0.5, 0.6) is 0 Å². The first-order valence-corrected chi connectivity index (χ1v) is 7.55. The number of benzene rings is 1. The molecule has 0 aromatic heterocycles. The van der Waals surface area contributed by atoms with E-state index in [2.05, 4.69) is 55.6 Å². The molecular weight excluding hydrogens is 244 g/mol. The summed E-state index contributed by atoms with van der Waals surface area (Å²) < 4.78 is 0. The number of nitrogens with one attached hydrogen (secondary N) is 1. The number of nitriles is 1. The molecule has 0 aliphatic heterocycles. The molecule has 1 rings (SSSR count). The highest BCUT2D eigenvalue weighted by atomic mass is 14.9. The van der Waals surface area contributed by atoms with Gasteiger partial charge in [0.2, 0.25) is 0 Å². The summed E-state index contributed by atoms with van der Waals surface area (Å²) in [4.78, 5) is 0. The van der Waals surface area contributed by atoms with Crippen LogP contribution in [0.4, 0.5) is 0 Å². The Labute approximate surface area is 124 Å². The van der Waals surface area contributed by atoms with Gasteiger partial charge in [0.15, 0.2) is 0 Å². The van der Waals surface area contributed by atoms with E-state index in [1.165, 1.54) is 5.56 Å². The molecule has 0 fully saturated rings. The van der Waals surface area contributed by atoms with Gasteiger partial charge in [-0.05, 0) is 38.8 Å². The lowest BCUT2D eigenvalue weighted by Crippen LogP contribution is -2.33. The first-order valence-electron chi connectivity index (χ1n) is 7.55. The molecule has 0 saturated carbocycles. The summed E-state index contributed by atoms with van der Waals surface area (Å²) in [5.74, 6) is 0. The molecule has 0 radical (unpaired) electrons. The van der Waals surface area contributed by atoms with E-state index in [0.717, 1.165) is 32.4 Å². The fourth-order valence-electron chi connectivity index (χ4n) is 2.27. The van der Waals surface area contributed by atoms with Crippen molar-refractivity contribution in [3.63, 3.8) is 0 Å². The van der Waals surface area contributed by atoms with Crippen LogP contribution in [0.3, 0.4) is 0 Å². The molecule has 0 amide bonds. The van der Waals surface area contributed by atoms with Crippen molar-refractivity contribution in [2.75, 3.05) is 13.1 Å². The summed E-state index contributed by atoms with van der Waals surface area (Å²) in [7, 11) is 0. The lowest BCUT2D eigenvalue weighted by Gasteiger charge is -2.26. The van der Waals surface area contributed by atoms with E-state index < -0.39 is 0 Å². The molecule has 1 N–H and O–H groups in total. The SMILES string of the molecule is CC(C)(C#N)CCCCNCC(C)(C)c1ccccc1. The second-order valence-electron chi connectivity index (χ2n) is 6.88. The fourth-order valence-corrected chi connectivity index (χ4v) is 2.27. The molecule has 0 heterocycles. The van der Waals surface area contributed by atoms with Gasteiger partial charge in [0.25, 0.3) is 0 Å². The molecule has 0 unspecified atom stereocenters. The van der Waals surface area contributed by atoms with Crippen LogP contribution in [0.2, 0.25) is 0 Å². The first-order chi connectivity index (χ1) is 9.37. The summed E-state index contributed by atoms with van der Waals surface area (Å²) in [6.07, 6.45) is 3.22. The van der Waals surface area contributed by atoms with Crippen molar-refractivity contribution in [2.45, 2.75) is 52.4 Å². The van der Waals surface area contributed by atoms with Crippen molar-refractivity contribution in [2.24, 2.45) is 5.41 Å². The molecule has 1 aromatic rings. The first kappa shape index (κ1) is 16.7. The maximum absolute atomic E-state index is 8.96. The van der Waals surface area contributed by atoms with E-state index in [4.69, 9.17) is 5.26 Å². The van der Waals surface area contributed by atoms with Crippen molar-refractivity contribution in [1.82, 2.24) is 5.32 Å². The lowest BCUT2D eigenvalue weighted by molar-refractivity contribution is 0.412. The maximum Gasteiger partial charge on any atom is 0.0683 e. The second-order valence-corrected chi connectivity index (χ2v) is 6.88. The summed E-state index contributed by atoms with van der Waals surface area (Å²) in [6.45, 7) is 10.6. The Morgan fingerprint density at radius 3 is 2.30 bits per heavy atom. The van der Waals surface area contributed by atoms with Crippen molar-refractivity contribution < 1.29 is 0 Å².